The van der Waals surface area contributed by atoms with E-state index in [4.69, 9.17) is 18.0 Å². The number of hydrogen-bond donors (Lipinski definition) is 1. The van der Waals surface area contributed by atoms with Crippen molar-refractivity contribution in [3.8, 4) is 18.0 Å². The summed E-state index contributed by atoms with van der Waals surface area (Å²) >= 11 is 6.00. The van der Waals surface area contributed by atoms with E-state index in [1.807, 2.05) is 13.0 Å². The average molecular weight is 436 g/mol. The van der Waals surface area contributed by atoms with Crippen molar-refractivity contribution in [1.82, 2.24) is 24.6 Å². The number of rotatable bonds is 4. The molecular weight excluding hydrogens is 410 g/mol. The second-order valence-corrected chi connectivity index (χ2v) is 8.44. The van der Waals surface area contributed by atoms with Gasteiger partial charge in [-0.2, -0.15) is 0 Å². The summed E-state index contributed by atoms with van der Waals surface area (Å²) in [5, 5.41) is 6.10. The van der Waals surface area contributed by atoms with Crippen LogP contribution in [0.1, 0.15) is 6.92 Å². The zero-order chi connectivity index (χ0) is 22.0. The highest BCUT2D eigenvalue weighted by Crippen LogP contribution is 2.12. The molecule has 1 N–H and O–H groups in total. The first-order valence-electron chi connectivity index (χ1n) is 10.4. The summed E-state index contributed by atoms with van der Waals surface area (Å²) < 4.78 is 1.52. The predicted molar refractivity (Wildman–Crippen MR) is 127 cm³/mol. The normalized spacial score (nSPS) is 17.9. The van der Waals surface area contributed by atoms with Crippen LogP contribution in [0, 0.1) is 18.3 Å². The SMILES string of the molecule is C#CC(C)/C=c1\c(=C/CN2CCN(C)CC2)ncc2c(=O)n(-c3ccc(Cl)cc3)[nH]c12. The van der Waals surface area contributed by atoms with Crippen LogP contribution in [0.4, 0.5) is 0 Å². The van der Waals surface area contributed by atoms with Crippen LogP contribution in [0.2, 0.25) is 5.02 Å². The molecule has 1 unspecified atom stereocenters. The summed E-state index contributed by atoms with van der Waals surface area (Å²) in [4.78, 5) is 22.4. The van der Waals surface area contributed by atoms with Crippen molar-refractivity contribution in [2.45, 2.75) is 6.92 Å². The van der Waals surface area contributed by atoms with Crippen LogP contribution in [0.3, 0.4) is 0 Å². The maximum Gasteiger partial charge on any atom is 0.280 e. The number of aromatic amines is 1. The Morgan fingerprint density at radius 1 is 1.26 bits per heavy atom. The highest BCUT2D eigenvalue weighted by atomic mass is 35.5. The predicted octanol–water partition coefficient (Wildman–Crippen LogP) is 1.44. The minimum atomic E-state index is -0.154. The molecule has 0 saturated carbocycles. The molecule has 7 heteroatoms. The first-order valence-corrected chi connectivity index (χ1v) is 10.8. The van der Waals surface area contributed by atoms with Crippen molar-refractivity contribution in [2.24, 2.45) is 5.92 Å². The van der Waals surface area contributed by atoms with Crippen LogP contribution >= 0.6 is 11.6 Å². The zero-order valence-corrected chi connectivity index (χ0v) is 18.6. The molecule has 0 radical (unpaired) electrons. The molecule has 1 aliphatic heterocycles. The molecule has 3 heterocycles. The molecule has 0 spiro atoms. The van der Waals surface area contributed by atoms with Crippen molar-refractivity contribution in [3.63, 3.8) is 0 Å². The molecule has 1 aliphatic rings. The highest BCUT2D eigenvalue weighted by molar-refractivity contribution is 6.30. The van der Waals surface area contributed by atoms with E-state index in [2.05, 4.69) is 38.9 Å². The van der Waals surface area contributed by atoms with Crippen LogP contribution in [0.25, 0.3) is 28.7 Å². The van der Waals surface area contributed by atoms with Crippen molar-refractivity contribution >= 4 is 34.7 Å². The third-order valence-electron chi connectivity index (χ3n) is 5.71. The van der Waals surface area contributed by atoms with Gasteiger partial charge in [-0.3, -0.25) is 19.8 Å². The maximum atomic E-state index is 13.1. The number of fused-ring (bicyclic) bond motifs is 1. The number of nitrogens with zero attached hydrogens (tertiary/aromatic N) is 4. The Morgan fingerprint density at radius 2 is 1.97 bits per heavy atom. The summed E-state index contributed by atoms with van der Waals surface area (Å²) in [6.45, 7) is 6.93. The topological polar surface area (TPSA) is 57.2 Å². The Labute approximate surface area is 186 Å². The monoisotopic (exact) mass is 435 g/mol. The molecule has 4 rings (SSSR count). The third-order valence-corrected chi connectivity index (χ3v) is 5.96. The number of piperazine rings is 1. The van der Waals surface area contributed by atoms with Crippen molar-refractivity contribution in [2.75, 3.05) is 39.8 Å². The molecule has 1 atom stereocenters. The molecule has 2 aromatic heterocycles. The lowest BCUT2D eigenvalue weighted by molar-refractivity contribution is 0.169. The fourth-order valence-electron chi connectivity index (χ4n) is 3.75. The number of benzene rings is 1. The zero-order valence-electron chi connectivity index (χ0n) is 17.8. The number of H-pyrrole nitrogens is 1. The smallest absolute Gasteiger partial charge is 0.280 e. The number of terminal acetylenes is 1. The highest BCUT2D eigenvalue weighted by Gasteiger charge is 2.14. The molecule has 1 aromatic carbocycles. The van der Waals surface area contributed by atoms with Crippen LogP contribution in [-0.4, -0.2) is 64.3 Å². The fourth-order valence-corrected chi connectivity index (χ4v) is 3.88. The van der Waals surface area contributed by atoms with E-state index >= 15 is 0 Å². The summed E-state index contributed by atoms with van der Waals surface area (Å²) in [6.07, 6.45) is 11.4. The van der Waals surface area contributed by atoms with Gasteiger partial charge < -0.3 is 4.90 Å². The van der Waals surface area contributed by atoms with Gasteiger partial charge >= 0.3 is 0 Å². The van der Waals surface area contributed by atoms with Gasteiger partial charge in [-0.1, -0.05) is 23.6 Å². The van der Waals surface area contributed by atoms with Gasteiger partial charge in [0.1, 0.15) is 0 Å². The van der Waals surface area contributed by atoms with Gasteiger partial charge in [0.2, 0.25) is 0 Å². The van der Waals surface area contributed by atoms with Crippen LogP contribution < -0.4 is 16.1 Å². The molecule has 0 aliphatic carbocycles. The Bertz CT molecular complexity index is 1290. The van der Waals surface area contributed by atoms with Crippen molar-refractivity contribution < 1.29 is 0 Å². The molecule has 160 valence electrons. The molecular formula is C24H26ClN5O. The second kappa shape index (κ2) is 9.11. The van der Waals surface area contributed by atoms with Crippen LogP contribution in [-0.2, 0) is 0 Å². The number of likely N-dealkylation sites (N-methyl/N-ethyl adjacent to an activating group) is 1. The summed E-state index contributed by atoms with van der Waals surface area (Å²) in [6, 6.07) is 7.13. The summed E-state index contributed by atoms with van der Waals surface area (Å²) in [5.74, 6) is 2.66. The lowest BCUT2D eigenvalue weighted by Gasteiger charge is -2.31. The minimum Gasteiger partial charge on any atom is -0.304 e. The number of pyridine rings is 1. The van der Waals surface area contributed by atoms with Crippen LogP contribution in [0.15, 0.2) is 35.3 Å². The maximum absolute atomic E-state index is 13.1. The van der Waals surface area contributed by atoms with Gasteiger partial charge in [0, 0.05) is 55.1 Å². The number of hydrogen-bond acceptors (Lipinski definition) is 4. The van der Waals surface area contributed by atoms with Gasteiger partial charge in [0.05, 0.1) is 21.9 Å². The Balaban J connectivity index is 1.84. The van der Waals surface area contributed by atoms with E-state index in [0.717, 1.165) is 48.8 Å². The summed E-state index contributed by atoms with van der Waals surface area (Å²) in [7, 11) is 2.15. The molecule has 0 amide bonds. The molecule has 1 fully saturated rings. The largest absolute Gasteiger partial charge is 0.304 e. The van der Waals surface area contributed by atoms with Crippen molar-refractivity contribution in [3.05, 3.63) is 56.4 Å². The van der Waals surface area contributed by atoms with E-state index in [-0.39, 0.29) is 11.5 Å². The van der Waals surface area contributed by atoms with E-state index < -0.39 is 0 Å². The van der Waals surface area contributed by atoms with Crippen molar-refractivity contribution in [1.29, 1.82) is 0 Å². The lowest BCUT2D eigenvalue weighted by atomic mass is 10.1. The molecule has 1 saturated heterocycles. The number of halogens is 1. The molecule has 31 heavy (non-hydrogen) atoms. The Hall–Kier alpha value is -2.85. The molecule has 3 aromatic rings. The van der Waals surface area contributed by atoms with Gasteiger partial charge in [-0.25, -0.2) is 4.68 Å². The van der Waals surface area contributed by atoms with E-state index in [1.54, 1.807) is 30.5 Å². The van der Waals surface area contributed by atoms with E-state index in [0.29, 0.717) is 16.1 Å². The number of aromatic nitrogens is 3. The van der Waals surface area contributed by atoms with Crippen LogP contribution in [0.5, 0.6) is 0 Å². The Kier molecular flexibility index (Phi) is 6.28. The quantitative estimate of drug-likeness (QED) is 0.630. The van der Waals surface area contributed by atoms with E-state index in [1.165, 1.54) is 4.68 Å². The van der Waals surface area contributed by atoms with Gasteiger partial charge in [-0.15, -0.1) is 6.42 Å². The Morgan fingerprint density at radius 3 is 2.65 bits per heavy atom. The molecule has 0 bridgehead atoms. The molecule has 6 nitrogen and oxygen atoms in total. The first kappa shape index (κ1) is 21.4. The third kappa shape index (κ3) is 4.59. The van der Waals surface area contributed by atoms with Gasteiger partial charge in [-0.05, 0) is 44.3 Å². The van der Waals surface area contributed by atoms with E-state index in [9.17, 15) is 4.79 Å². The minimum absolute atomic E-state index is 0.0921. The first-order chi connectivity index (χ1) is 15.0. The second-order valence-electron chi connectivity index (χ2n) is 8.00. The van der Waals surface area contributed by atoms with Gasteiger partial charge in [0.15, 0.2) is 0 Å². The number of nitrogens with one attached hydrogen (secondary N) is 1. The lowest BCUT2D eigenvalue weighted by Crippen LogP contribution is -2.45. The van der Waals surface area contributed by atoms with Gasteiger partial charge in [0.25, 0.3) is 5.56 Å². The average Bonchev–Trinajstić information content (AvgIpc) is 3.11. The standard InChI is InChI=1S/C24H26ClN5O/c1-4-17(2)15-20-22(9-10-29-13-11-28(3)12-14-29)26-16-21-23(20)27-30(24(21)31)19-7-5-18(25)6-8-19/h1,5-9,15-17,27H,10-14H2,2-3H3/b20-15+,22-9+. The summed E-state index contributed by atoms with van der Waals surface area (Å²) in [5.41, 5.74) is 1.30. The fraction of sp³-hybridized carbons (Fsp3) is 0.333.